The summed E-state index contributed by atoms with van der Waals surface area (Å²) in [6.07, 6.45) is 2.01. The van der Waals surface area contributed by atoms with Gasteiger partial charge in [-0.05, 0) is 25.9 Å². The Kier molecular flexibility index (Phi) is 5.40. The first kappa shape index (κ1) is 15.6. The Morgan fingerprint density at radius 3 is 3.05 bits per heavy atom. The number of carbonyl (C=O) groups excluding carboxylic acids is 1. The largest absolute Gasteiger partial charge is 0.461 e. The molecule has 0 saturated carbocycles. The van der Waals surface area contributed by atoms with Gasteiger partial charge in [-0.25, -0.2) is 4.98 Å². The SMILES string of the molecule is CN(C)Cc1ccoc1-c1n[nH]c(CNC(=O)CCS)n1. The number of aromatic amines is 1. The summed E-state index contributed by atoms with van der Waals surface area (Å²) in [5.74, 6) is 2.19. The van der Waals surface area contributed by atoms with E-state index in [1.165, 1.54) is 0 Å². The third kappa shape index (κ3) is 4.33. The number of aromatic nitrogens is 3. The lowest BCUT2D eigenvalue weighted by molar-refractivity contribution is -0.120. The second-order valence-corrected chi connectivity index (χ2v) is 5.32. The molecular formula is C13H19N5O2S. The first-order valence-corrected chi connectivity index (χ1v) is 7.23. The number of nitrogens with one attached hydrogen (secondary N) is 2. The molecule has 2 heterocycles. The summed E-state index contributed by atoms with van der Waals surface area (Å²) in [7, 11) is 3.97. The normalized spacial score (nSPS) is 11.0. The molecule has 2 aromatic heterocycles. The second-order valence-electron chi connectivity index (χ2n) is 4.87. The molecule has 0 spiro atoms. The summed E-state index contributed by atoms with van der Waals surface area (Å²) in [6, 6.07) is 1.90. The van der Waals surface area contributed by atoms with Crippen LogP contribution in [-0.4, -0.2) is 45.8 Å². The number of rotatable bonds is 7. The fraction of sp³-hybridized carbons (Fsp3) is 0.462. The zero-order chi connectivity index (χ0) is 15.2. The molecule has 7 nitrogen and oxygen atoms in total. The van der Waals surface area contributed by atoms with E-state index in [2.05, 4.69) is 33.1 Å². The minimum atomic E-state index is -0.0609. The molecule has 0 unspecified atom stereocenters. The molecule has 0 aromatic carbocycles. The molecule has 0 aliphatic heterocycles. The molecule has 0 aliphatic carbocycles. The summed E-state index contributed by atoms with van der Waals surface area (Å²) >= 11 is 4.01. The van der Waals surface area contributed by atoms with Crippen molar-refractivity contribution in [1.29, 1.82) is 0 Å². The molecule has 0 radical (unpaired) electrons. The van der Waals surface area contributed by atoms with Crippen LogP contribution in [0, 0.1) is 0 Å². The van der Waals surface area contributed by atoms with Crippen LogP contribution >= 0.6 is 12.6 Å². The van der Waals surface area contributed by atoms with E-state index in [1.54, 1.807) is 6.26 Å². The average Bonchev–Trinajstić information content (AvgIpc) is 3.04. The van der Waals surface area contributed by atoms with E-state index < -0.39 is 0 Å². The van der Waals surface area contributed by atoms with E-state index >= 15 is 0 Å². The van der Waals surface area contributed by atoms with Crippen LogP contribution in [0.2, 0.25) is 0 Å². The monoisotopic (exact) mass is 309 g/mol. The zero-order valence-electron chi connectivity index (χ0n) is 12.1. The molecule has 1 amide bonds. The highest BCUT2D eigenvalue weighted by atomic mass is 32.1. The lowest BCUT2D eigenvalue weighted by Crippen LogP contribution is -2.23. The van der Waals surface area contributed by atoms with Crippen LogP contribution in [0.15, 0.2) is 16.7 Å². The van der Waals surface area contributed by atoms with Gasteiger partial charge in [0.15, 0.2) is 5.76 Å². The van der Waals surface area contributed by atoms with E-state index in [1.807, 2.05) is 25.1 Å². The highest BCUT2D eigenvalue weighted by Crippen LogP contribution is 2.22. The van der Waals surface area contributed by atoms with Gasteiger partial charge in [-0.15, -0.1) is 5.10 Å². The topological polar surface area (TPSA) is 87.0 Å². The molecule has 21 heavy (non-hydrogen) atoms. The van der Waals surface area contributed by atoms with E-state index in [4.69, 9.17) is 4.42 Å². The van der Waals surface area contributed by atoms with Crippen molar-refractivity contribution in [2.45, 2.75) is 19.5 Å². The van der Waals surface area contributed by atoms with Crippen molar-refractivity contribution in [3.8, 4) is 11.6 Å². The second kappa shape index (κ2) is 7.28. The number of nitrogens with zero attached hydrogens (tertiary/aromatic N) is 3. The van der Waals surface area contributed by atoms with Crippen molar-refractivity contribution in [2.24, 2.45) is 0 Å². The summed E-state index contributed by atoms with van der Waals surface area (Å²) in [4.78, 5) is 17.8. The van der Waals surface area contributed by atoms with Crippen LogP contribution in [0.4, 0.5) is 0 Å². The van der Waals surface area contributed by atoms with Crippen LogP contribution < -0.4 is 5.32 Å². The number of hydrogen-bond acceptors (Lipinski definition) is 6. The van der Waals surface area contributed by atoms with Crippen LogP contribution in [-0.2, 0) is 17.9 Å². The minimum Gasteiger partial charge on any atom is -0.461 e. The summed E-state index contributed by atoms with van der Waals surface area (Å²) < 4.78 is 5.46. The van der Waals surface area contributed by atoms with Gasteiger partial charge in [0.05, 0.1) is 12.8 Å². The van der Waals surface area contributed by atoms with Crippen molar-refractivity contribution in [1.82, 2.24) is 25.4 Å². The summed E-state index contributed by atoms with van der Waals surface area (Å²) in [5.41, 5.74) is 1.02. The molecule has 2 aromatic rings. The Balaban J connectivity index is 2.03. The number of H-pyrrole nitrogens is 1. The molecular weight excluding hydrogens is 290 g/mol. The van der Waals surface area contributed by atoms with Crippen LogP contribution in [0.1, 0.15) is 17.8 Å². The fourth-order valence-electron chi connectivity index (χ4n) is 1.85. The minimum absolute atomic E-state index is 0.0609. The highest BCUT2D eigenvalue weighted by molar-refractivity contribution is 7.80. The van der Waals surface area contributed by atoms with Gasteiger partial charge in [-0.3, -0.25) is 9.89 Å². The van der Waals surface area contributed by atoms with Crippen molar-refractivity contribution in [3.63, 3.8) is 0 Å². The van der Waals surface area contributed by atoms with Gasteiger partial charge in [-0.1, -0.05) is 0 Å². The fourth-order valence-corrected chi connectivity index (χ4v) is 2.05. The lowest BCUT2D eigenvalue weighted by Gasteiger charge is -2.07. The Morgan fingerprint density at radius 2 is 2.33 bits per heavy atom. The number of thiol groups is 1. The molecule has 114 valence electrons. The van der Waals surface area contributed by atoms with Crippen molar-refractivity contribution >= 4 is 18.5 Å². The van der Waals surface area contributed by atoms with Gasteiger partial charge in [0.2, 0.25) is 11.7 Å². The highest BCUT2D eigenvalue weighted by Gasteiger charge is 2.15. The zero-order valence-corrected chi connectivity index (χ0v) is 13.0. The predicted molar refractivity (Wildman–Crippen MR) is 81.8 cm³/mol. The van der Waals surface area contributed by atoms with Gasteiger partial charge in [0.25, 0.3) is 0 Å². The van der Waals surface area contributed by atoms with Crippen LogP contribution in [0.25, 0.3) is 11.6 Å². The van der Waals surface area contributed by atoms with Crippen LogP contribution in [0.5, 0.6) is 0 Å². The van der Waals surface area contributed by atoms with E-state index in [0.717, 1.165) is 12.1 Å². The van der Waals surface area contributed by atoms with Crippen LogP contribution in [0.3, 0.4) is 0 Å². The molecule has 0 fully saturated rings. The number of amides is 1. The Morgan fingerprint density at radius 1 is 1.52 bits per heavy atom. The third-order valence-corrected chi connectivity index (χ3v) is 2.98. The van der Waals surface area contributed by atoms with Gasteiger partial charge in [-0.2, -0.15) is 12.6 Å². The molecule has 0 aliphatic rings. The van der Waals surface area contributed by atoms with Gasteiger partial charge in [0, 0.05) is 18.5 Å². The van der Waals surface area contributed by atoms with E-state index in [9.17, 15) is 4.79 Å². The molecule has 2 N–H and O–H groups in total. The quantitative estimate of drug-likeness (QED) is 0.666. The maximum atomic E-state index is 11.4. The molecule has 0 saturated heterocycles. The van der Waals surface area contributed by atoms with Crippen molar-refractivity contribution in [3.05, 3.63) is 23.7 Å². The maximum absolute atomic E-state index is 11.4. The summed E-state index contributed by atoms with van der Waals surface area (Å²) in [6.45, 7) is 1.05. The van der Waals surface area contributed by atoms with Gasteiger partial charge >= 0.3 is 0 Å². The molecule has 0 atom stereocenters. The smallest absolute Gasteiger partial charge is 0.221 e. The molecule has 2 rings (SSSR count). The maximum Gasteiger partial charge on any atom is 0.221 e. The Labute approximate surface area is 128 Å². The average molecular weight is 309 g/mol. The number of hydrogen-bond donors (Lipinski definition) is 3. The van der Waals surface area contributed by atoms with E-state index in [-0.39, 0.29) is 5.91 Å². The van der Waals surface area contributed by atoms with Crippen molar-refractivity contribution < 1.29 is 9.21 Å². The van der Waals surface area contributed by atoms with Crippen molar-refractivity contribution in [2.75, 3.05) is 19.8 Å². The lowest BCUT2D eigenvalue weighted by atomic mass is 10.2. The third-order valence-electron chi connectivity index (χ3n) is 2.76. The van der Waals surface area contributed by atoms with Gasteiger partial charge < -0.3 is 14.6 Å². The number of furan rings is 1. The van der Waals surface area contributed by atoms with E-state index in [0.29, 0.717) is 36.1 Å². The van der Waals surface area contributed by atoms with Gasteiger partial charge in [0.1, 0.15) is 5.82 Å². The number of carbonyl (C=O) groups is 1. The molecule has 8 heteroatoms. The Bertz CT molecular complexity index is 593. The Hall–Kier alpha value is -1.80. The molecule has 0 bridgehead atoms. The first-order valence-electron chi connectivity index (χ1n) is 6.60. The standard InChI is InChI=1S/C13H19N5O2S/c1-18(2)8-9-3-5-20-12(9)13-15-10(16-17-13)7-14-11(19)4-6-21/h3,5,21H,4,6-8H2,1-2H3,(H,14,19)(H,15,16,17). The first-order chi connectivity index (χ1) is 10.1. The summed E-state index contributed by atoms with van der Waals surface area (Å²) in [5, 5.41) is 9.68. The predicted octanol–water partition coefficient (Wildman–Crippen LogP) is 1.06.